The lowest BCUT2D eigenvalue weighted by Gasteiger charge is -2.15. The summed E-state index contributed by atoms with van der Waals surface area (Å²) < 4.78 is 0. The van der Waals surface area contributed by atoms with Gasteiger partial charge in [-0.1, -0.05) is 83.0 Å². The molecule has 0 amide bonds. The topological polar surface area (TPSA) is 68.7 Å². The van der Waals surface area contributed by atoms with Crippen LogP contribution in [0.5, 0.6) is 0 Å². The summed E-state index contributed by atoms with van der Waals surface area (Å²) in [7, 11) is 0. The first-order chi connectivity index (χ1) is 15.7. The summed E-state index contributed by atoms with van der Waals surface area (Å²) in [4.78, 5) is 0. The van der Waals surface area contributed by atoms with Crippen molar-refractivity contribution in [2.45, 2.75) is 0 Å². The fourth-order valence-electron chi connectivity index (χ4n) is 3.81. The van der Waals surface area contributed by atoms with Crippen LogP contribution >= 0.6 is 23.2 Å². The van der Waals surface area contributed by atoms with Crippen molar-refractivity contribution >= 4 is 62.3 Å². The van der Waals surface area contributed by atoms with Crippen LogP contribution in [-0.2, 0) is 0 Å². The smallest absolute Gasteiger partial charge is 0.0754 e. The van der Waals surface area contributed by atoms with E-state index in [9.17, 15) is 0 Å². The van der Waals surface area contributed by atoms with Crippen LogP contribution in [0.1, 0.15) is 5.56 Å². The van der Waals surface area contributed by atoms with E-state index in [1.54, 1.807) is 0 Å². The average molecular weight is 467 g/mol. The third kappa shape index (κ3) is 4.91. The van der Waals surface area contributed by atoms with Gasteiger partial charge >= 0.3 is 0 Å². The minimum Gasteiger partial charge on any atom is -0.411 e. The first-order valence-electron chi connectivity index (χ1n) is 10.4. The second-order valence-electron chi connectivity index (χ2n) is 7.36. The van der Waals surface area contributed by atoms with Crippen molar-refractivity contribution in [1.82, 2.24) is 5.32 Å². The molecule has 4 aromatic carbocycles. The maximum absolute atomic E-state index is 8.99. The lowest BCUT2D eigenvalue weighted by atomic mass is 10.0. The van der Waals surface area contributed by atoms with Crippen molar-refractivity contribution in [3.63, 3.8) is 0 Å². The van der Waals surface area contributed by atoms with E-state index in [2.05, 4.69) is 33.2 Å². The number of nitrogens with zero attached hydrogens (tertiary/aromatic N) is 1. The van der Waals surface area contributed by atoms with E-state index in [0.717, 1.165) is 58.1 Å². The van der Waals surface area contributed by atoms with Crippen LogP contribution in [0.3, 0.4) is 0 Å². The molecule has 0 radical (unpaired) electrons. The second-order valence-corrected chi connectivity index (χ2v) is 8.17. The van der Waals surface area contributed by atoms with Gasteiger partial charge < -0.3 is 21.2 Å². The highest BCUT2D eigenvalue weighted by atomic mass is 35.5. The SMILES string of the molecule is ON=Cc1ccc2ccccc2c1NCCNCCNc1c(Cl)ccc2cccc(Cl)c12. The summed E-state index contributed by atoms with van der Waals surface area (Å²) in [5.74, 6) is 0. The molecule has 0 fully saturated rings. The van der Waals surface area contributed by atoms with Gasteiger partial charge in [-0.25, -0.2) is 0 Å². The number of hydrogen-bond donors (Lipinski definition) is 4. The maximum Gasteiger partial charge on any atom is 0.0754 e. The van der Waals surface area contributed by atoms with Gasteiger partial charge in [-0.15, -0.1) is 0 Å². The average Bonchev–Trinajstić information content (AvgIpc) is 2.81. The Labute approximate surface area is 197 Å². The van der Waals surface area contributed by atoms with Gasteiger partial charge in [0.1, 0.15) is 0 Å². The Morgan fingerprint density at radius 2 is 1.44 bits per heavy atom. The summed E-state index contributed by atoms with van der Waals surface area (Å²) in [6.07, 6.45) is 1.45. The highest BCUT2D eigenvalue weighted by Crippen LogP contribution is 2.35. The molecule has 32 heavy (non-hydrogen) atoms. The Hall–Kier alpha value is -2.99. The van der Waals surface area contributed by atoms with Crippen LogP contribution in [0.2, 0.25) is 10.0 Å². The summed E-state index contributed by atoms with van der Waals surface area (Å²) in [6, 6.07) is 21.8. The van der Waals surface area contributed by atoms with Gasteiger partial charge in [0.15, 0.2) is 0 Å². The van der Waals surface area contributed by atoms with Gasteiger partial charge in [0.05, 0.1) is 27.6 Å². The number of fused-ring (bicyclic) bond motifs is 2. The number of hydrogen-bond acceptors (Lipinski definition) is 5. The Balaban J connectivity index is 1.32. The fraction of sp³-hybridized carbons (Fsp3) is 0.160. The van der Waals surface area contributed by atoms with E-state index in [-0.39, 0.29) is 0 Å². The van der Waals surface area contributed by atoms with Crippen molar-refractivity contribution < 1.29 is 5.21 Å². The molecule has 0 unspecified atom stereocenters. The van der Waals surface area contributed by atoms with Crippen LogP contribution in [0.15, 0.2) is 71.9 Å². The molecule has 7 heteroatoms. The van der Waals surface area contributed by atoms with E-state index >= 15 is 0 Å². The quantitative estimate of drug-likeness (QED) is 0.102. The molecule has 0 saturated carbocycles. The van der Waals surface area contributed by atoms with Crippen molar-refractivity contribution in [3.05, 3.63) is 82.3 Å². The number of anilines is 2. The standard InChI is InChI=1S/C25H24Cl2N4O/c26-21-7-3-5-18-10-11-22(27)25(23(18)21)30-15-13-28-12-14-29-24-19(16-31-32)9-8-17-4-1-2-6-20(17)24/h1-11,16,28-30,32H,12-15H2. The molecule has 0 aliphatic heterocycles. The predicted molar refractivity (Wildman–Crippen MR) is 137 cm³/mol. The third-order valence-corrected chi connectivity index (χ3v) is 5.94. The molecule has 0 atom stereocenters. The third-order valence-electron chi connectivity index (χ3n) is 5.31. The molecule has 4 N–H and O–H groups in total. The van der Waals surface area contributed by atoms with E-state index < -0.39 is 0 Å². The van der Waals surface area contributed by atoms with Crippen molar-refractivity contribution in [2.75, 3.05) is 36.8 Å². The molecular formula is C25H24Cl2N4O. The maximum atomic E-state index is 8.99. The molecule has 0 aliphatic carbocycles. The Kier molecular flexibility index (Phi) is 7.32. The molecule has 0 saturated heterocycles. The minimum absolute atomic E-state index is 0.654. The fourth-order valence-corrected chi connectivity index (χ4v) is 4.31. The molecule has 5 nitrogen and oxygen atoms in total. The first-order valence-corrected chi connectivity index (χ1v) is 11.2. The van der Waals surface area contributed by atoms with Crippen LogP contribution in [0.4, 0.5) is 11.4 Å². The molecule has 0 heterocycles. The first kappa shape index (κ1) is 22.2. The predicted octanol–water partition coefficient (Wildman–Crippen LogP) is 6.22. The van der Waals surface area contributed by atoms with Gasteiger partial charge in [-0.2, -0.15) is 0 Å². The van der Waals surface area contributed by atoms with Crippen molar-refractivity contribution in [3.8, 4) is 0 Å². The zero-order valence-corrected chi connectivity index (χ0v) is 18.9. The Morgan fingerprint density at radius 1 is 0.719 bits per heavy atom. The zero-order chi connectivity index (χ0) is 22.3. The molecule has 164 valence electrons. The van der Waals surface area contributed by atoms with Crippen LogP contribution < -0.4 is 16.0 Å². The number of benzene rings is 4. The molecule has 0 spiro atoms. The summed E-state index contributed by atoms with van der Waals surface area (Å²) in [6.45, 7) is 2.96. The number of nitrogens with one attached hydrogen (secondary N) is 3. The highest BCUT2D eigenvalue weighted by molar-refractivity contribution is 6.40. The normalized spacial score (nSPS) is 11.4. The lowest BCUT2D eigenvalue weighted by molar-refractivity contribution is 0.322. The molecule has 0 aromatic heterocycles. The summed E-state index contributed by atoms with van der Waals surface area (Å²) in [5.41, 5.74) is 2.66. The number of rotatable bonds is 9. The molecule has 4 aromatic rings. The minimum atomic E-state index is 0.654. The molecule has 0 aliphatic rings. The molecule has 0 bridgehead atoms. The van der Waals surface area contributed by atoms with E-state index in [1.807, 2.05) is 54.6 Å². The molecular weight excluding hydrogens is 443 g/mol. The highest BCUT2D eigenvalue weighted by Gasteiger charge is 2.09. The summed E-state index contributed by atoms with van der Waals surface area (Å²) in [5, 5.41) is 28.0. The van der Waals surface area contributed by atoms with Gasteiger partial charge in [0.25, 0.3) is 0 Å². The number of halogens is 2. The van der Waals surface area contributed by atoms with Crippen molar-refractivity contribution in [1.29, 1.82) is 0 Å². The van der Waals surface area contributed by atoms with Crippen LogP contribution in [0.25, 0.3) is 21.5 Å². The van der Waals surface area contributed by atoms with Gasteiger partial charge in [0.2, 0.25) is 0 Å². The summed E-state index contributed by atoms with van der Waals surface area (Å²) >= 11 is 12.8. The lowest BCUT2D eigenvalue weighted by Crippen LogP contribution is -2.27. The van der Waals surface area contributed by atoms with E-state index in [1.165, 1.54) is 6.21 Å². The van der Waals surface area contributed by atoms with E-state index in [0.29, 0.717) is 16.6 Å². The van der Waals surface area contributed by atoms with Gasteiger partial charge in [0, 0.05) is 42.5 Å². The zero-order valence-electron chi connectivity index (χ0n) is 17.4. The molecule has 4 rings (SSSR count). The Morgan fingerprint density at radius 3 is 2.25 bits per heavy atom. The van der Waals surface area contributed by atoms with Crippen molar-refractivity contribution in [2.24, 2.45) is 5.16 Å². The Bertz CT molecular complexity index is 1260. The van der Waals surface area contributed by atoms with E-state index in [4.69, 9.17) is 28.4 Å². The van der Waals surface area contributed by atoms with Crippen LogP contribution in [-0.4, -0.2) is 37.6 Å². The van der Waals surface area contributed by atoms with Crippen LogP contribution in [0, 0.1) is 0 Å². The van der Waals surface area contributed by atoms with Gasteiger partial charge in [-0.05, 0) is 22.9 Å². The largest absolute Gasteiger partial charge is 0.411 e. The second kappa shape index (κ2) is 10.6. The number of oxime groups is 1. The van der Waals surface area contributed by atoms with Gasteiger partial charge in [-0.3, -0.25) is 0 Å². The monoisotopic (exact) mass is 466 g/mol.